The Bertz CT molecular complexity index is 552. The molecule has 1 aliphatic heterocycles. The highest BCUT2D eigenvalue weighted by Gasteiger charge is 2.51. The van der Waals surface area contributed by atoms with Gasteiger partial charge < -0.3 is 19.2 Å². The van der Waals surface area contributed by atoms with Crippen molar-refractivity contribution in [1.29, 1.82) is 0 Å². The van der Waals surface area contributed by atoms with Crippen LogP contribution < -0.4 is 0 Å². The van der Waals surface area contributed by atoms with Crippen LogP contribution in [0.2, 0.25) is 0 Å². The first-order chi connectivity index (χ1) is 10.1. The Hall–Kier alpha value is -1.82. The number of rotatable bonds is 4. The fourth-order valence-corrected chi connectivity index (χ4v) is 2.82. The number of aliphatic carboxylic acids is 1. The quantitative estimate of drug-likeness (QED) is 0.909. The smallest absolute Gasteiger partial charge is 0.307 e. The van der Waals surface area contributed by atoms with E-state index in [9.17, 15) is 9.59 Å². The van der Waals surface area contributed by atoms with E-state index in [1.807, 2.05) is 19.1 Å². The molecule has 0 spiro atoms. The minimum absolute atomic E-state index is 0.0925. The van der Waals surface area contributed by atoms with E-state index in [0.29, 0.717) is 31.9 Å². The number of amides is 1. The van der Waals surface area contributed by atoms with E-state index < -0.39 is 11.9 Å². The normalized spacial score (nSPS) is 28.4. The van der Waals surface area contributed by atoms with Crippen molar-refractivity contribution in [2.24, 2.45) is 11.8 Å². The zero-order valence-electron chi connectivity index (χ0n) is 11.9. The number of hydrogen-bond acceptors (Lipinski definition) is 4. The maximum absolute atomic E-state index is 12.5. The molecule has 1 aliphatic carbocycles. The standard InChI is InChI=1S/C15H19NO5/c1-2-9-3-4-13(21-9)12-8-20-6-5-16(12)14(17)10-7-11(10)15(18)19/h3-4,10-12H,2,5-8H2,1H3,(H,18,19). The van der Waals surface area contributed by atoms with Gasteiger partial charge in [-0.25, -0.2) is 0 Å². The van der Waals surface area contributed by atoms with Gasteiger partial charge in [-0.1, -0.05) is 6.92 Å². The number of hydrogen-bond donors (Lipinski definition) is 1. The number of ether oxygens (including phenoxy) is 1. The molecular formula is C15H19NO5. The van der Waals surface area contributed by atoms with Gasteiger partial charge in [-0.3, -0.25) is 9.59 Å². The van der Waals surface area contributed by atoms with Crippen molar-refractivity contribution < 1.29 is 23.8 Å². The molecule has 6 heteroatoms. The fourth-order valence-electron chi connectivity index (χ4n) is 2.82. The Kier molecular flexibility index (Phi) is 3.71. The van der Waals surface area contributed by atoms with Crippen molar-refractivity contribution in [3.05, 3.63) is 23.7 Å². The summed E-state index contributed by atoms with van der Waals surface area (Å²) in [5.74, 6) is -0.299. The first-order valence-electron chi connectivity index (χ1n) is 7.31. The molecule has 21 heavy (non-hydrogen) atoms. The molecule has 6 nitrogen and oxygen atoms in total. The summed E-state index contributed by atoms with van der Waals surface area (Å²) in [6.45, 7) is 3.36. The topological polar surface area (TPSA) is 80.0 Å². The van der Waals surface area contributed by atoms with Crippen LogP contribution >= 0.6 is 0 Å². The first kappa shape index (κ1) is 14.1. The molecule has 1 aromatic heterocycles. The second-order valence-corrected chi connectivity index (χ2v) is 5.57. The van der Waals surface area contributed by atoms with Crippen LogP contribution in [0, 0.1) is 11.8 Å². The van der Waals surface area contributed by atoms with Gasteiger partial charge in [0, 0.05) is 13.0 Å². The summed E-state index contributed by atoms with van der Waals surface area (Å²) in [5.41, 5.74) is 0. The monoisotopic (exact) mass is 293 g/mol. The van der Waals surface area contributed by atoms with Crippen LogP contribution in [0.5, 0.6) is 0 Å². The van der Waals surface area contributed by atoms with Crippen molar-refractivity contribution in [2.75, 3.05) is 19.8 Å². The third-order valence-electron chi connectivity index (χ3n) is 4.20. The van der Waals surface area contributed by atoms with Crippen LogP contribution in [0.1, 0.15) is 30.9 Å². The van der Waals surface area contributed by atoms with E-state index in [-0.39, 0.29) is 17.9 Å². The van der Waals surface area contributed by atoms with Gasteiger partial charge in [0.05, 0.1) is 25.0 Å². The molecule has 1 saturated heterocycles. The lowest BCUT2D eigenvalue weighted by molar-refractivity contribution is -0.146. The van der Waals surface area contributed by atoms with E-state index in [4.69, 9.17) is 14.3 Å². The lowest BCUT2D eigenvalue weighted by atomic mass is 10.1. The molecule has 1 saturated carbocycles. The van der Waals surface area contributed by atoms with Gasteiger partial charge in [0.2, 0.25) is 5.91 Å². The minimum atomic E-state index is -0.885. The maximum Gasteiger partial charge on any atom is 0.307 e. The summed E-state index contributed by atoms with van der Waals surface area (Å²) in [7, 11) is 0. The molecule has 2 fully saturated rings. The van der Waals surface area contributed by atoms with Gasteiger partial charge in [0.15, 0.2) is 0 Å². The Labute approximate surface area is 122 Å². The highest BCUT2D eigenvalue weighted by atomic mass is 16.5. The number of morpholine rings is 1. The van der Waals surface area contributed by atoms with Crippen LogP contribution in [-0.2, 0) is 20.7 Å². The number of carboxylic acids is 1. The van der Waals surface area contributed by atoms with Crippen LogP contribution in [0.4, 0.5) is 0 Å². The maximum atomic E-state index is 12.5. The van der Waals surface area contributed by atoms with Crippen molar-refractivity contribution in [3.63, 3.8) is 0 Å². The predicted molar refractivity (Wildman–Crippen MR) is 72.6 cm³/mol. The highest BCUT2D eigenvalue weighted by molar-refractivity contribution is 5.89. The number of furan rings is 1. The van der Waals surface area contributed by atoms with E-state index >= 15 is 0 Å². The predicted octanol–water partition coefficient (Wildman–Crippen LogP) is 1.46. The van der Waals surface area contributed by atoms with Crippen LogP contribution in [0.25, 0.3) is 0 Å². The Morgan fingerprint density at radius 2 is 2.19 bits per heavy atom. The zero-order chi connectivity index (χ0) is 15.0. The van der Waals surface area contributed by atoms with Gasteiger partial charge in [0.1, 0.15) is 17.6 Å². The molecule has 0 aromatic carbocycles. The van der Waals surface area contributed by atoms with Crippen LogP contribution in [-0.4, -0.2) is 41.6 Å². The van der Waals surface area contributed by atoms with Crippen molar-refractivity contribution in [2.45, 2.75) is 25.8 Å². The molecular weight excluding hydrogens is 274 g/mol. The van der Waals surface area contributed by atoms with Gasteiger partial charge in [-0.15, -0.1) is 0 Å². The van der Waals surface area contributed by atoms with Crippen molar-refractivity contribution in [3.8, 4) is 0 Å². The molecule has 1 amide bonds. The third-order valence-corrected chi connectivity index (χ3v) is 4.20. The summed E-state index contributed by atoms with van der Waals surface area (Å²) in [6, 6.07) is 3.53. The average Bonchev–Trinajstić information content (AvgIpc) is 3.17. The molecule has 0 bridgehead atoms. The van der Waals surface area contributed by atoms with E-state index in [1.54, 1.807) is 4.90 Å². The molecule has 1 aromatic rings. The molecule has 114 valence electrons. The molecule has 3 unspecified atom stereocenters. The number of carbonyl (C=O) groups excluding carboxylic acids is 1. The fraction of sp³-hybridized carbons (Fsp3) is 0.600. The first-order valence-corrected chi connectivity index (χ1v) is 7.31. The molecule has 0 radical (unpaired) electrons. The summed E-state index contributed by atoms with van der Waals surface area (Å²) in [5, 5.41) is 8.98. The van der Waals surface area contributed by atoms with Crippen molar-refractivity contribution in [1.82, 2.24) is 4.90 Å². The number of aryl methyl sites for hydroxylation is 1. The molecule has 1 N–H and O–H groups in total. The Morgan fingerprint density at radius 3 is 2.81 bits per heavy atom. The lowest BCUT2D eigenvalue weighted by Gasteiger charge is -2.34. The SMILES string of the molecule is CCc1ccc(C2COCCN2C(=O)C2CC2C(=O)O)o1. The summed E-state index contributed by atoms with van der Waals surface area (Å²) in [4.78, 5) is 25.2. The molecule has 3 rings (SSSR count). The summed E-state index contributed by atoms with van der Waals surface area (Å²) >= 11 is 0. The average molecular weight is 293 g/mol. The Morgan fingerprint density at radius 1 is 1.38 bits per heavy atom. The van der Waals surface area contributed by atoms with Crippen molar-refractivity contribution >= 4 is 11.9 Å². The number of carbonyl (C=O) groups is 2. The number of nitrogens with zero attached hydrogens (tertiary/aromatic N) is 1. The van der Waals surface area contributed by atoms with Crippen LogP contribution in [0.3, 0.4) is 0 Å². The van der Waals surface area contributed by atoms with Gasteiger partial charge >= 0.3 is 5.97 Å². The summed E-state index contributed by atoms with van der Waals surface area (Å²) < 4.78 is 11.2. The largest absolute Gasteiger partial charge is 0.481 e. The van der Waals surface area contributed by atoms with Crippen LogP contribution in [0.15, 0.2) is 16.5 Å². The second kappa shape index (κ2) is 5.52. The minimum Gasteiger partial charge on any atom is -0.481 e. The third kappa shape index (κ3) is 2.68. The van der Waals surface area contributed by atoms with Gasteiger partial charge in [-0.05, 0) is 18.6 Å². The molecule has 2 heterocycles. The Balaban J connectivity index is 1.75. The molecule has 3 atom stereocenters. The zero-order valence-corrected chi connectivity index (χ0v) is 11.9. The highest BCUT2D eigenvalue weighted by Crippen LogP contribution is 2.42. The second-order valence-electron chi connectivity index (χ2n) is 5.57. The lowest BCUT2D eigenvalue weighted by Crippen LogP contribution is -2.44. The van der Waals surface area contributed by atoms with Gasteiger partial charge in [-0.2, -0.15) is 0 Å². The number of carboxylic acid groups (broad SMARTS) is 1. The molecule has 2 aliphatic rings. The van der Waals surface area contributed by atoms with E-state index in [2.05, 4.69) is 0 Å². The van der Waals surface area contributed by atoms with E-state index in [1.165, 1.54) is 0 Å². The van der Waals surface area contributed by atoms with Gasteiger partial charge in [0.25, 0.3) is 0 Å². The summed E-state index contributed by atoms with van der Waals surface area (Å²) in [6.07, 6.45) is 1.24. The van der Waals surface area contributed by atoms with E-state index in [0.717, 1.165) is 12.2 Å².